The second-order valence-corrected chi connectivity index (χ2v) is 7.95. The van der Waals surface area contributed by atoms with Gasteiger partial charge in [0.05, 0.1) is 18.1 Å². The minimum absolute atomic E-state index is 0.0596. The minimum atomic E-state index is 0.0596. The van der Waals surface area contributed by atoms with E-state index in [0.717, 1.165) is 61.6 Å². The van der Waals surface area contributed by atoms with E-state index in [1.165, 1.54) is 5.56 Å². The van der Waals surface area contributed by atoms with Crippen LogP contribution in [0.5, 0.6) is 5.75 Å². The molecule has 1 aromatic heterocycles. The molecule has 162 valence electrons. The van der Waals surface area contributed by atoms with Crippen LogP contribution in [0, 0.1) is 5.92 Å². The summed E-state index contributed by atoms with van der Waals surface area (Å²) in [6.45, 7) is 6.93. The molecule has 1 aliphatic rings. The van der Waals surface area contributed by atoms with Gasteiger partial charge in [0.15, 0.2) is 0 Å². The number of nitrogens with zero attached hydrogens (tertiary/aromatic N) is 3. The van der Waals surface area contributed by atoms with E-state index < -0.39 is 0 Å². The van der Waals surface area contributed by atoms with E-state index in [-0.39, 0.29) is 11.8 Å². The van der Waals surface area contributed by atoms with Crippen molar-refractivity contribution in [2.75, 3.05) is 31.6 Å². The summed E-state index contributed by atoms with van der Waals surface area (Å²) in [7, 11) is 1.66. The number of para-hydroxylation sites is 2. The predicted octanol–water partition coefficient (Wildman–Crippen LogP) is 3.81. The fourth-order valence-corrected chi connectivity index (χ4v) is 4.22. The molecule has 0 radical (unpaired) electrons. The number of benzene rings is 2. The predicted molar refractivity (Wildman–Crippen MR) is 125 cm³/mol. The van der Waals surface area contributed by atoms with Crippen molar-refractivity contribution in [3.63, 3.8) is 0 Å². The molecule has 0 spiro atoms. The SMILES string of the molecule is C=CCn1c(N2CCC(C(=O)NCCc3ccc(OC)cc3)CC2)nc2ccccc21. The van der Waals surface area contributed by atoms with Crippen LogP contribution in [0.4, 0.5) is 5.95 Å². The number of fused-ring (bicyclic) bond motifs is 1. The van der Waals surface area contributed by atoms with Gasteiger partial charge in [-0.2, -0.15) is 0 Å². The molecular formula is C25H30N4O2. The molecule has 2 heterocycles. The van der Waals surface area contributed by atoms with E-state index in [1.807, 2.05) is 48.5 Å². The number of aromatic nitrogens is 2. The zero-order valence-corrected chi connectivity index (χ0v) is 18.1. The van der Waals surface area contributed by atoms with Gasteiger partial charge < -0.3 is 19.5 Å². The van der Waals surface area contributed by atoms with Crippen LogP contribution in [0.2, 0.25) is 0 Å². The molecule has 2 aromatic carbocycles. The van der Waals surface area contributed by atoms with E-state index >= 15 is 0 Å². The van der Waals surface area contributed by atoms with Crippen molar-refractivity contribution in [3.8, 4) is 5.75 Å². The normalized spacial score (nSPS) is 14.5. The largest absolute Gasteiger partial charge is 0.497 e. The Morgan fingerprint density at radius 2 is 1.94 bits per heavy atom. The summed E-state index contributed by atoms with van der Waals surface area (Å²) >= 11 is 0. The highest BCUT2D eigenvalue weighted by atomic mass is 16.5. The van der Waals surface area contributed by atoms with Gasteiger partial charge in [-0.3, -0.25) is 4.79 Å². The fraction of sp³-hybridized carbons (Fsp3) is 0.360. The average Bonchev–Trinajstić information content (AvgIpc) is 3.18. The molecule has 0 unspecified atom stereocenters. The molecule has 31 heavy (non-hydrogen) atoms. The summed E-state index contributed by atoms with van der Waals surface area (Å²) in [5.74, 6) is 2.04. The molecule has 1 saturated heterocycles. The number of amides is 1. The second-order valence-electron chi connectivity index (χ2n) is 7.95. The van der Waals surface area contributed by atoms with Gasteiger partial charge in [0, 0.05) is 32.1 Å². The number of nitrogens with one attached hydrogen (secondary N) is 1. The van der Waals surface area contributed by atoms with Gasteiger partial charge in [0.2, 0.25) is 11.9 Å². The smallest absolute Gasteiger partial charge is 0.223 e. The van der Waals surface area contributed by atoms with Gasteiger partial charge in [-0.25, -0.2) is 4.98 Å². The van der Waals surface area contributed by atoms with Crippen molar-refractivity contribution in [1.82, 2.24) is 14.9 Å². The molecule has 1 fully saturated rings. The van der Waals surface area contributed by atoms with Crippen molar-refractivity contribution in [2.45, 2.75) is 25.8 Å². The first-order valence-corrected chi connectivity index (χ1v) is 10.9. The number of hydrogen-bond donors (Lipinski definition) is 1. The number of rotatable bonds is 8. The number of ether oxygens (including phenoxy) is 1. The third-order valence-electron chi connectivity index (χ3n) is 5.97. The number of imidazole rings is 1. The highest BCUT2D eigenvalue weighted by Gasteiger charge is 2.27. The van der Waals surface area contributed by atoms with E-state index in [4.69, 9.17) is 9.72 Å². The molecule has 0 aliphatic carbocycles. The first kappa shape index (κ1) is 21.0. The standard InChI is InChI=1S/C25H30N4O2/c1-3-16-29-23-7-5-4-6-22(23)27-25(29)28-17-13-20(14-18-28)24(30)26-15-12-19-8-10-21(31-2)11-9-19/h3-11,20H,1,12-18H2,2H3,(H,26,30). The topological polar surface area (TPSA) is 59.4 Å². The van der Waals surface area contributed by atoms with Crippen molar-refractivity contribution in [2.24, 2.45) is 5.92 Å². The Morgan fingerprint density at radius 3 is 2.65 bits per heavy atom. The van der Waals surface area contributed by atoms with E-state index in [0.29, 0.717) is 6.54 Å². The number of methoxy groups -OCH3 is 1. The number of carbonyl (C=O) groups is 1. The molecule has 6 nitrogen and oxygen atoms in total. The zero-order valence-electron chi connectivity index (χ0n) is 18.1. The van der Waals surface area contributed by atoms with Gasteiger partial charge >= 0.3 is 0 Å². The van der Waals surface area contributed by atoms with Crippen molar-refractivity contribution in [1.29, 1.82) is 0 Å². The van der Waals surface area contributed by atoms with Gasteiger partial charge in [0.1, 0.15) is 5.75 Å². The fourth-order valence-electron chi connectivity index (χ4n) is 4.22. The highest BCUT2D eigenvalue weighted by Crippen LogP contribution is 2.27. The Bertz CT molecular complexity index is 1030. The lowest BCUT2D eigenvalue weighted by Crippen LogP contribution is -2.41. The Kier molecular flexibility index (Phi) is 6.55. The number of hydrogen-bond acceptors (Lipinski definition) is 4. The van der Waals surface area contributed by atoms with E-state index in [1.54, 1.807) is 7.11 Å². The molecule has 0 atom stereocenters. The van der Waals surface area contributed by atoms with Crippen LogP contribution < -0.4 is 15.0 Å². The molecule has 1 aliphatic heterocycles. The van der Waals surface area contributed by atoms with E-state index in [9.17, 15) is 4.79 Å². The Balaban J connectivity index is 1.31. The van der Waals surface area contributed by atoms with Gasteiger partial charge in [-0.05, 0) is 49.1 Å². The van der Waals surface area contributed by atoms with Gasteiger partial charge in [-0.1, -0.05) is 30.3 Å². The molecule has 6 heteroatoms. The third-order valence-corrected chi connectivity index (χ3v) is 5.97. The lowest BCUT2D eigenvalue weighted by atomic mass is 9.96. The molecule has 1 N–H and O–H groups in total. The molecule has 0 bridgehead atoms. The summed E-state index contributed by atoms with van der Waals surface area (Å²) in [5, 5.41) is 3.11. The Labute approximate surface area is 183 Å². The Hall–Kier alpha value is -3.28. The lowest BCUT2D eigenvalue weighted by molar-refractivity contribution is -0.125. The molecular weight excluding hydrogens is 388 g/mol. The van der Waals surface area contributed by atoms with Crippen LogP contribution in [-0.4, -0.2) is 42.2 Å². The third kappa shape index (κ3) is 4.74. The van der Waals surface area contributed by atoms with Crippen LogP contribution in [0.15, 0.2) is 61.2 Å². The Morgan fingerprint density at radius 1 is 1.19 bits per heavy atom. The van der Waals surface area contributed by atoms with Crippen LogP contribution in [0.3, 0.4) is 0 Å². The summed E-state index contributed by atoms with van der Waals surface area (Å²) in [6.07, 6.45) is 4.40. The number of anilines is 1. The zero-order chi connectivity index (χ0) is 21.6. The molecule has 1 amide bonds. The monoisotopic (exact) mass is 418 g/mol. The van der Waals surface area contributed by atoms with Crippen LogP contribution in [0.1, 0.15) is 18.4 Å². The van der Waals surface area contributed by atoms with Crippen LogP contribution in [-0.2, 0) is 17.8 Å². The summed E-state index contributed by atoms with van der Waals surface area (Å²) in [4.78, 5) is 19.8. The first-order valence-electron chi connectivity index (χ1n) is 10.9. The van der Waals surface area contributed by atoms with E-state index in [2.05, 4.69) is 27.4 Å². The highest BCUT2D eigenvalue weighted by molar-refractivity contribution is 5.80. The van der Waals surface area contributed by atoms with Crippen molar-refractivity contribution >= 4 is 22.9 Å². The van der Waals surface area contributed by atoms with Gasteiger partial charge in [-0.15, -0.1) is 6.58 Å². The lowest BCUT2D eigenvalue weighted by Gasteiger charge is -2.32. The molecule has 3 aromatic rings. The first-order chi connectivity index (χ1) is 15.2. The number of carbonyl (C=O) groups excluding carboxylic acids is 1. The second kappa shape index (κ2) is 9.69. The maximum absolute atomic E-state index is 12.7. The summed E-state index contributed by atoms with van der Waals surface area (Å²) in [5.41, 5.74) is 3.31. The summed E-state index contributed by atoms with van der Waals surface area (Å²) in [6, 6.07) is 16.2. The van der Waals surface area contributed by atoms with Gasteiger partial charge in [0.25, 0.3) is 0 Å². The van der Waals surface area contributed by atoms with Crippen molar-refractivity contribution < 1.29 is 9.53 Å². The summed E-state index contributed by atoms with van der Waals surface area (Å²) < 4.78 is 7.39. The maximum Gasteiger partial charge on any atom is 0.223 e. The van der Waals surface area contributed by atoms with Crippen molar-refractivity contribution in [3.05, 3.63) is 66.7 Å². The number of allylic oxidation sites excluding steroid dienone is 1. The average molecular weight is 419 g/mol. The minimum Gasteiger partial charge on any atom is -0.497 e. The molecule has 0 saturated carbocycles. The van der Waals surface area contributed by atoms with Crippen LogP contribution in [0.25, 0.3) is 11.0 Å². The molecule has 4 rings (SSSR count). The maximum atomic E-state index is 12.7. The number of piperidine rings is 1. The quantitative estimate of drug-likeness (QED) is 0.565. The van der Waals surface area contributed by atoms with Crippen LogP contribution >= 0.6 is 0 Å².